The van der Waals surface area contributed by atoms with Gasteiger partial charge in [-0.15, -0.1) is 0 Å². The van der Waals surface area contributed by atoms with Crippen LogP contribution in [0.1, 0.15) is 57.2 Å². The summed E-state index contributed by atoms with van der Waals surface area (Å²) < 4.78 is 2.03. The van der Waals surface area contributed by atoms with Gasteiger partial charge < -0.3 is 15.7 Å². The Balaban J connectivity index is 1.71. The van der Waals surface area contributed by atoms with Crippen molar-refractivity contribution >= 4 is 6.03 Å². The molecule has 0 bridgehead atoms. The van der Waals surface area contributed by atoms with Crippen LogP contribution >= 0.6 is 0 Å². The minimum atomic E-state index is -0.184. The number of amides is 2. The van der Waals surface area contributed by atoms with E-state index >= 15 is 0 Å². The number of nitrogens with zero attached hydrogens (tertiary/aromatic N) is 2. The lowest BCUT2D eigenvalue weighted by atomic mass is 10.2. The number of carbonyl (C=O) groups excluding carboxylic acids is 1. The van der Waals surface area contributed by atoms with Crippen molar-refractivity contribution in [1.29, 1.82) is 0 Å². The number of hydrogen-bond acceptors (Lipinski definition) is 3. The van der Waals surface area contributed by atoms with Crippen LogP contribution < -0.4 is 10.6 Å². The molecular weight excluding hydrogens is 268 g/mol. The molecule has 21 heavy (non-hydrogen) atoms. The molecule has 2 rings (SSSR count). The predicted molar refractivity (Wildman–Crippen MR) is 80.9 cm³/mol. The van der Waals surface area contributed by atoms with E-state index in [9.17, 15) is 4.79 Å². The number of nitrogens with one attached hydrogen (secondary N) is 2. The molecule has 1 aromatic heterocycles. The van der Waals surface area contributed by atoms with Gasteiger partial charge in [-0.25, -0.2) is 4.79 Å². The highest BCUT2D eigenvalue weighted by molar-refractivity contribution is 5.74. The van der Waals surface area contributed by atoms with E-state index in [4.69, 9.17) is 5.11 Å². The first-order valence-corrected chi connectivity index (χ1v) is 7.88. The molecule has 6 nitrogen and oxygen atoms in total. The Kier molecular flexibility index (Phi) is 6.04. The summed E-state index contributed by atoms with van der Waals surface area (Å²) in [5.41, 5.74) is 0.889. The van der Waals surface area contributed by atoms with Crippen molar-refractivity contribution in [2.24, 2.45) is 0 Å². The van der Waals surface area contributed by atoms with Crippen molar-refractivity contribution in [3.8, 4) is 0 Å². The Bertz CT molecular complexity index is 441. The van der Waals surface area contributed by atoms with Gasteiger partial charge in [0.05, 0.1) is 18.3 Å². The number of carbonyl (C=O) groups is 1. The largest absolute Gasteiger partial charge is 0.396 e. The minimum absolute atomic E-state index is 0.0631. The molecule has 1 aromatic rings. The second-order valence-electron chi connectivity index (χ2n) is 5.82. The van der Waals surface area contributed by atoms with Gasteiger partial charge in [-0.05, 0) is 38.7 Å². The molecule has 1 heterocycles. The average molecular weight is 294 g/mol. The van der Waals surface area contributed by atoms with Gasteiger partial charge in [0.15, 0.2) is 0 Å². The summed E-state index contributed by atoms with van der Waals surface area (Å²) in [4.78, 5) is 11.7. The summed E-state index contributed by atoms with van der Waals surface area (Å²) in [6.07, 6.45) is 8.47. The van der Waals surface area contributed by atoms with Gasteiger partial charge in [-0.1, -0.05) is 12.8 Å². The Hall–Kier alpha value is -1.56. The first-order valence-electron chi connectivity index (χ1n) is 7.88. The van der Waals surface area contributed by atoms with Crippen LogP contribution in [0.4, 0.5) is 4.79 Å². The maximum absolute atomic E-state index is 11.7. The number of rotatable bonds is 7. The summed E-state index contributed by atoms with van der Waals surface area (Å²) in [6.45, 7) is 2.54. The van der Waals surface area contributed by atoms with E-state index in [1.807, 2.05) is 23.9 Å². The SMILES string of the molecule is CC(CCCO)NC(=O)NCc1ccn(C2CCCC2)n1. The van der Waals surface area contributed by atoms with E-state index in [1.54, 1.807) is 0 Å². The van der Waals surface area contributed by atoms with Crippen LogP contribution in [0, 0.1) is 0 Å². The normalized spacial score (nSPS) is 16.9. The number of aliphatic hydroxyl groups is 1. The third-order valence-electron chi connectivity index (χ3n) is 3.97. The van der Waals surface area contributed by atoms with Crippen LogP contribution in [-0.4, -0.2) is 33.6 Å². The molecule has 0 aliphatic heterocycles. The van der Waals surface area contributed by atoms with Crippen LogP contribution in [0.5, 0.6) is 0 Å². The minimum Gasteiger partial charge on any atom is -0.396 e. The summed E-state index contributed by atoms with van der Waals surface area (Å²) in [5, 5.41) is 19.0. The van der Waals surface area contributed by atoms with Crippen LogP contribution in [0.25, 0.3) is 0 Å². The van der Waals surface area contributed by atoms with Gasteiger partial charge in [0.1, 0.15) is 0 Å². The van der Waals surface area contributed by atoms with E-state index in [-0.39, 0.29) is 18.7 Å². The van der Waals surface area contributed by atoms with E-state index in [1.165, 1.54) is 25.7 Å². The summed E-state index contributed by atoms with van der Waals surface area (Å²) in [7, 11) is 0. The zero-order valence-corrected chi connectivity index (χ0v) is 12.7. The summed E-state index contributed by atoms with van der Waals surface area (Å²) in [5.74, 6) is 0. The van der Waals surface area contributed by atoms with Crippen molar-refractivity contribution in [3.63, 3.8) is 0 Å². The molecule has 118 valence electrons. The van der Waals surface area contributed by atoms with Crippen LogP contribution in [-0.2, 0) is 6.54 Å². The first kappa shape index (κ1) is 15.8. The van der Waals surface area contributed by atoms with E-state index < -0.39 is 0 Å². The molecule has 1 fully saturated rings. The zero-order valence-electron chi connectivity index (χ0n) is 12.7. The van der Waals surface area contributed by atoms with Gasteiger partial charge in [0.25, 0.3) is 0 Å². The molecule has 1 aliphatic rings. The highest BCUT2D eigenvalue weighted by atomic mass is 16.3. The summed E-state index contributed by atoms with van der Waals surface area (Å²) in [6, 6.07) is 2.38. The third-order valence-corrected chi connectivity index (χ3v) is 3.97. The third kappa shape index (κ3) is 5.04. The van der Waals surface area contributed by atoms with Gasteiger partial charge in [0, 0.05) is 18.8 Å². The first-order chi connectivity index (χ1) is 10.2. The fourth-order valence-electron chi connectivity index (χ4n) is 2.76. The van der Waals surface area contributed by atoms with Gasteiger partial charge in [0.2, 0.25) is 0 Å². The monoisotopic (exact) mass is 294 g/mol. The smallest absolute Gasteiger partial charge is 0.315 e. The van der Waals surface area contributed by atoms with Crippen LogP contribution in [0.15, 0.2) is 12.3 Å². The van der Waals surface area contributed by atoms with Gasteiger partial charge >= 0.3 is 6.03 Å². The molecule has 1 saturated carbocycles. The van der Waals surface area contributed by atoms with Crippen molar-refractivity contribution in [2.45, 2.75) is 64.1 Å². The predicted octanol–water partition coefficient (Wildman–Crippen LogP) is 1.96. The van der Waals surface area contributed by atoms with Gasteiger partial charge in [-0.3, -0.25) is 4.68 Å². The topological polar surface area (TPSA) is 79.2 Å². The molecule has 0 aromatic carbocycles. The zero-order chi connectivity index (χ0) is 15.1. The molecule has 2 amide bonds. The highest BCUT2D eigenvalue weighted by Crippen LogP contribution is 2.28. The Morgan fingerprint density at radius 1 is 1.52 bits per heavy atom. The van der Waals surface area contributed by atoms with Crippen molar-refractivity contribution in [2.75, 3.05) is 6.61 Å². The quantitative estimate of drug-likeness (QED) is 0.719. The van der Waals surface area contributed by atoms with Crippen molar-refractivity contribution in [3.05, 3.63) is 18.0 Å². The summed E-state index contributed by atoms with van der Waals surface area (Å²) >= 11 is 0. The second kappa shape index (κ2) is 8.02. The number of aliphatic hydroxyl groups excluding tert-OH is 1. The maximum Gasteiger partial charge on any atom is 0.315 e. The molecular formula is C15H26N4O2. The van der Waals surface area contributed by atoms with Crippen LogP contribution in [0.2, 0.25) is 0 Å². The van der Waals surface area contributed by atoms with Gasteiger partial charge in [-0.2, -0.15) is 5.10 Å². The van der Waals surface area contributed by atoms with E-state index in [0.717, 1.165) is 12.1 Å². The lowest BCUT2D eigenvalue weighted by Gasteiger charge is -2.13. The lowest BCUT2D eigenvalue weighted by molar-refractivity contribution is 0.234. The lowest BCUT2D eigenvalue weighted by Crippen LogP contribution is -2.40. The molecule has 0 spiro atoms. The van der Waals surface area contributed by atoms with Crippen LogP contribution in [0.3, 0.4) is 0 Å². The molecule has 0 saturated heterocycles. The number of hydrogen-bond donors (Lipinski definition) is 3. The molecule has 6 heteroatoms. The standard InChI is InChI=1S/C15H26N4O2/c1-12(5-4-10-20)17-15(21)16-11-13-8-9-19(18-13)14-6-2-3-7-14/h8-9,12,14,20H,2-7,10-11H2,1H3,(H2,16,17,21). The molecule has 1 atom stereocenters. The molecule has 3 N–H and O–H groups in total. The molecule has 1 unspecified atom stereocenters. The van der Waals surface area contributed by atoms with E-state index in [0.29, 0.717) is 19.0 Å². The fraction of sp³-hybridized carbons (Fsp3) is 0.733. The second-order valence-corrected chi connectivity index (χ2v) is 5.82. The number of urea groups is 1. The number of aromatic nitrogens is 2. The van der Waals surface area contributed by atoms with E-state index in [2.05, 4.69) is 15.7 Å². The fourth-order valence-corrected chi connectivity index (χ4v) is 2.76. The van der Waals surface area contributed by atoms with Crippen molar-refractivity contribution in [1.82, 2.24) is 20.4 Å². The average Bonchev–Trinajstić information content (AvgIpc) is 3.13. The maximum atomic E-state index is 11.7. The van der Waals surface area contributed by atoms with Crippen molar-refractivity contribution < 1.29 is 9.90 Å². The Morgan fingerprint density at radius 3 is 3.00 bits per heavy atom. The highest BCUT2D eigenvalue weighted by Gasteiger charge is 2.17. The molecule has 0 radical (unpaired) electrons. The molecule has 1 aliphatic carbocycles. The Labute approximate surface area is 125 Å². The Morgan fingerprint density at radius 2 is 2.29 bits per heavy atom.